The topological polar surface area (TPSA) is 41.5 Å². The van der Waals surface area contributed by atoms with E-state index in [1.807, 2.05) is 31.2 Å². The van der Waals surface area contributed by atoms with Gasteiger partial charge in [0.2, 0.25) is 0 Å². The summed E-state index contributed by atoms with van der Waals surface area (Å²) in [6.07, 6.45) is 0. The Hall–Kier alpha value is -0.910. The van der Waals surface area contributed by atoms with Crippen molar-refractivity contribution >= 4 is 32.3 Å². The molecule has 0 heterocycles. The van der Waals surface area contributed by atoms with Gasteiger partial charge >= 0.3 is 0 Å². The summed E-state index contributed by atoms with van der Waals surface area (Å²) in [4.78, 5) is 14.9. The van der Waals surface area contributed by atoms with Gasteiger partial charge in [-0.15, -0.1) is 0 Å². The molecule has 4 heteroatoms. The molecule has 74 valence electrons. The van der Waals surface area contributed by atoms with Gasteiger partial charge in [0.1, 0.15) is 5.84 Å². The molecule has 1 N–H and O–H groups in total. The fourth-order valence-corrected chi connectivity index (χ4v) is 1.32. The molecule has 0 radical (unpaired) electrons. The third-order valence-electron chi connectivity index (χ3n) is 1.77. The van der Waals surface area contributed by atoms with Crippen LogP contribution in [0.4, 0.5) is 4.79 Å². The zero-order valence-corrected chi connectivity index (χ0v) is 10.2. The Labute approximate surface area is 96.8 Å². The summed E-state index contributed by atoms with van der Waals surface area (Å²) in [6.45, 7) is 2.02. The van der Waals surface area contributed by atoms with E-state index in [1.54, 1.807) is 29.6 Å². The molecule has 1 amide bonds. The highest BCUT2D eigenvalue weighted by molar-refractivity contribution is 14.1. The summed E-state index contributed by atoms with van der Waals surface area (Å²) in [5.41, 5.74) is 2.10. The molecule has 1 aromatic carbocycles. The summed E-state index contributed by atoms with van der Waals surface area (Å²) in [5, 5.41) is 2.66. The van der Waals surface area contributed by atoms with Crippen LogP contribution in [0.1, 0.15) is 11.1 Å². The average Bonchev–Trinajstić information content (AvgIpc) is 2.15. The van der Waals surface area contributed by atoms with Crippen LogP contribution in [0.3, 0.4) is 0 Å². The Morgan fingerprint density at radius 2 is 1.93 bits per heavy atom. The second-order valence-electron chi connectivity index (χ2n) is 2.84. The summed E-state index contributed by atoms with van der Waals surface area (Å²) < 4.78 is -0.135. The second kappa shape index (κ2) is 5.09. The van der Waals surface area contributed by atoms with E-state index in [0.29, 0.717) is 5.84 Å². The SMILES string of the molecule is C/N=C(\NC(=O)I)c1ccc(C)cc1. The minimum atomic E-state index is -0.135. The number of amides is 1. The summed E-state index contributed by atoms with van der Waals surface area (Å²) in [6, 6.07) is 7.84. The van der Waals surface area contributed by atoms with Crippen molar-refractivity contribution in [3.63, 3.8) is 0 Å². The lowest BCUT2D eigenvalue weighted by molar-refractivity contribution is 0.266. The zero-order chi connectivity index (χ0) is 10.6. The van der Waals surface area contributed by atoms with Gasteiger partial charge < -0.3 is 5.32 Å². The molecule has 0 saturated heterocycles. The van der Waals surface area contributed by atoms with Gasteiger partial charge in [-0.25, -0.2) is 0 Å². The molecule has 0 aliphatic rings. The van der Waals surface area contributed by atoms with Gasteiger partial charge in [-0.1, -0.05) is 29.8 Å². The molecule has 0 fully saturated rings. The lowest BCUT2D eigenvalue weighted by Gasteiger charge is -2.05. The van der Waals surface area contributed by atoms with E-state index in [2.05, 4.69) is 10.3 Å². The van der Waals surface area contributed by atoms with Gasteiger partial charge in [-0.05, 0) is 6.92 Å². The molecular weight excluding hydrogens is 291 g/mol. The smallest absolute Gasteiger partial charge is 0.286 e. The Morgan fingerprint density at radius 3 is 2.36 bits per heavy atom. The van der Waals surface area contributed by atoms with Crippen molar-refractivity contribution in [2.75, 3.05) is 7.05 Å². The molecule has 0 unspecified atom stereocenters. The number of rotatable bonds is 1. The molecule has 1 aromatic rings. The third kappa shape index (κ3) is 3.10. The van der Waals surface area contributed by atoms with Crippen LogP contribution in [0.25, 0.3) is 0 Å². The summed E-state index contributed by atoms with van der Waals surface area (Å²) >= 11 is 1.68. The van der Waals surface area contributed by atoms with E-state index in [-0.39, 0.29) is 3.91 Å². The van der Waals surface area contributed by atoms with Gasteiger partial charge in [0, 0.05) is 35.2 Å². The van der Waals surface area contributed by atoms with Crippen LogP contribution in [-0.4, -0.2) is 16.8 Å². The van der Waals surface area contributed by atoms with Crippen molar-refractivity contribution in [3.05, 3.63) is 35.4 Å². The van der Waals surface area contributed by atoms with Crippen molar-refractivity contribution in [1.82, 2.24) is 5.32 Å². The molecule has 0 bridgehead atoms. The van der Waals surface area contributed by atoms with Gasteiger partial charge in [-0.2, -0.15) is 0 Å². The van der Waals surface area contributed by atoms with Gasteiger partial charge in [-0.3, -0.25) is 9.79 Å². The molecule has 0 atom stereocenters. The lowest BCUT2D eigenvalue weighted by atomic mass is 10.1. The predicted octanol–water partition coefficient (Wildman–Crippen LogP) is 2.52. The number of nitrogens with one attached hydrogen (secondary N) is 1. The van der Waals surface area contributed by atoms with Crippen LogP contribution in [0.15, 0.2) is 29.3 Å². The first-order chi connectivity index (χ1) is 6.63. The molecular formula is C10H11IN2O. The summed E-state index contributed by atoms with van der Waals surface area (Å²) in [5.74, 6) is 0.601. The highest BCUT2D eigenvalue weighted by Gasteiger charge is 2.03. The van der Waals surface area contributed by atoms with Crippen LogP contribution in [0.2, 0.25) is 0 Å². The first-order valence-corrected chi connectivity index (χ1v) is 5.21. The Morgan fingerprint density at radius 1 is 1.36 bits per heavy atom. The number of halogens is 1. The normalized spacial score (nSPS) is 11.2. The molecule has 0 aliphatic carbocycles. The Kier molecular flexibility index (Phi) is 4.06. The quantitative estimate of drug-likeness (QED) is 0.280. The minimum absolute atomic E-state index is 0.135. The number of nitrogens with zero attached hydrogens (tertiary/aromatic N) is 1. The molecule has 0 aliphatic heterocycles. The van der Waals surface area contributed by atoms with Crippen LogP contribution in [0.5, 0.6) is 0 Å². The third-order valence-corrected chi connectivity index (χ3v) is 2.03. The van der Waals surface area contributed by atoms with Crippen LogP contribution >= 0.6 is 22.6 Å². The van der Waals surface area contributed by atoms with E-state index >= 15 is 0 Å². The summed E-state index contributed by atoms with van der Waals surface area (Å²) in [7, 11) is 1.65. The van der Waals surface area contributed by atoms with E-state index in [0.717, 1.165) is 5.56 Å². The number of benzene rings is 1. The maximum absolute atomic E-state index is 10.8. The van der Waals surface area contributed by atoms with Crippen LogP contribution in [0, 0.1) is 6.92 Å². The van der Waals surface area contributed by atoms with Crippen LogP contribution in [-0.2, 0) is 0 Å². The van der Waals surface area contributed by atoms with Crippen molar-refractivity contribution in [1.29, 1.82) is 0 Å². The largest absolute Gasteiger partial charge is 0.302 e. The van der Waals surface area contributed by atoms with E-state index in [9.17, 15) is 4.79 Å². The molecule has 1 rings (SSSR count). The molecule has 0 saturated carbocycles. The minimum Gasteiger partial charge on any atom is -0.302 e. The number of carbonyl (C=O) groups is 1. The lowest BCUT2D eigenvalue weighted by Crippen LogP contribution is -2.26. The van der Waals surface area contributed by atoms with Crippen molar-refractivity contribution in [2.24, 2.45) is 4.99 Å². The first kappa shape index (κ1) is 11.2. The standard InChI is InChI=1S/C10H11IN2O/c1-7-3-5-8(6-4-7)9(12-2)13-10(11)14/h3-6H,1-2H3,(H,12,13,14). The second-order valence-corrected chi connectivity index (χ2v) is 3.82. The van der Waals surface area contributed by atoms with Crippen LogP contribution < -0.4 is 5.32 Å². The van der Waals surface area contributed by atoms with E-state index in [4.69, 9.17) is 0 Å². The van der Waals surface area contributed by atoms with Gasteiger partial charge in [0.15, 0.2) is 0 Å². The number of amidine groups is 1. The van der Waals surface area contributed by atoms with E-state index in [1.165, 1.54) is 5.56 Å². The van der Waals surface area contributed by atoms with Crippen molar-refractivity contribution in [3.8, 4) is 0 Å². The Bertz CT molecular complexity index is 357. The highest BCUT2D eigenvalue weighted by atomic mass is 127. The maximum atomic E-state index is 10.8. The van der Waals surface area contributed by atoms with Crippen molar-refractivity contribution < 1.29 is 4.79 Å². The number of hydrogen-bond donors (Lipinski definition) is 1. The number of hydrogen-bond acceptors (Lipinski definition) is 2. The fraction of sp³-hybridized carbons (Fsp3) is 0.200. The number of aryl methyl sites for hydroxylation is 1. The predicted molar refractivity (Wildman–Crippen MR) is 66.2 cm³/mol. The monoisotopic (exact) mass is 302 g/mol. The molecule has 0 aromatic heterocycles. The maximum Gasteiger partial charge on any atom is 0.286 e. The Balaban J connectivity index is 2.91. The zero-order valence-electron chi connectivity index (χ0n) is 8.04. The first-order valence-electron chi connectivity index (χ1n) is 4.14. The average molecular weight is 302 g/mol. The fourth-order valence-electron chi connectivity index (χ4n) is 1.06. The van der Waals surface area contributed by atoms with Gasteiger partial charge in [0.25, 0.3) is 3.91 Å². The van der Waals surface area contributed by atoms with Crippen molar-refractivity contribution in [2.45, 2.75) is 6.92 Å². The molecule has 14 heavy (non-hydrogen) atoms. The van der Waals surface area contributed by atoms with Gasteiger partial charge in [0.05, 0.1) is 0 Å². The number of aliphatic imine (C=N–C) groups is 1. The highest BCUT2D eigenvalue weighted by Crippen LogP contribution is 2.04. The van der Waals surface area contributed by atoms with E-state index < -0.39 is 0 Å². The molecule has 3 nitrogen and oxygen atoms in total. The number of carbonyl (C=O) groups excluding carboxylic acids is 1. The molecule has 0 spiro atoms.